The molecule has 0 spiro atoms. The molecule has 1 saturated heterocycles. The molecular formula is C23H40IN5OS. The number of piperidine rings is 1. The maximum Gasteiger partial charge on any atom is 0.220 e. The van der Waals surface area contributed by atoms with Crippen molar-refractivity contribution in [3.63, 3.8) is 0 Å². The summed E-state index contributed by atoms with van der Waals surface area (Å²) in [6, 6.07) is 4.88. The van der Waals surface area contributed by atoms with Crippen molar-refractivity contribution in [2.24, 2.45) is 16.8 Å². The van der Waals surface area contributed by atoms with Crippen LogP contribution in [0.3, 0.4) is 0 Å². The summed E-state index contributed by atoms with van der Waals surface area (Å²) in [5.74, 6) is 2.16. The molecule has 2 unspecified atom stereocenters. The first-order valence-electron chi connectivity index (χ1n) is 11.6. The number of nitrogens with zero attached hydrogens (tertiary/aromatic N) is 2. The predicted molar refractivity (Wildman–Crippen MR) is 141 cm³/mol. The Balaban J connectivity index is 0.00000341. The lowest BCUT2D eigenvalue weighted by atomic mass is 9.87. The van der Waals surface area contributed by atoms with Crippen LogP contribution in [0.4, 0.5) is 0 Å². The number of amides is 1. The minimum atomic E-state index is 0. The Morgan fingerprint density at radius 1 is 1.13 bits per heavy atom. The van der Waals surface area contributed by atoms with Gasteiger partial charge < -0.3 is 16.0 Å². The topological polar surface area (TPSA) is 68.8 Å². The van der Waals surface area contributed by atoms with Crippen molar-refractivity contribution < 1.29 is 4.79 Å². The van der Waals surface area contributed by atoms with Crippen molar-refractivity contribution in [2.75, 3.05) is 40.3 Å². The number of carbonyl (C=O) groups is 1. The van der Waals surface area contributed by atoms with Crippen molar-refractivity contribution >= 4 is 47.2 Å². The normalized spacial score (nSPS) is 23.1. The molecule has 176 valence electrons. The monoisotopic (exact) mass is 561 g/mol. The summed E-state index contributed by atoms with van der Waals surface area (Å²) in [4.78, 5) is 20.4. The van der Waals surface area contributed by atoms with Crippen LogP contribution in [-0.4, -0.2) is 57.0 Å². The summed E-state index contributed by atoms with van der Waals surface area (Å²) >= 11 is 1.85. The number of halogens is 1. The molecule has 6 nitrogen and oxygen atoms in total. The summed E-state index contributed by atoms with van der Waals surface area (Å²) in [6.45, 7) is 3.39. The SMILES string of the molecule is CN=C(NCCNC(=O)CC1CCCCC1)NCC1CCCN(C)C1c1cccs1.I. The molecule has 0 radical (unpaired) electrons. The third kappa shape index (κ3) is 8.53. The highest BCUT2D eigenvalue weighted by Crippen LogP contribution is 2.36. The van der Waals surface area contributed by atoms with Crippen LogP contribution in [0.1, 0.15) is 62.3 Å². The minimum absolute atomic E-state index is 0. The number of aliphatic imine (C=N–C) groups is 1. The summed E-state index contributed by atoms with van der Waals surface area (Å²) in [5, 5.41) is 12.1. The van der Waals surface area contributed by atoms with Crippen molar-refractivity contribution in [3.05, 3.63) is 22.4 Å². The van der Waals surface area contributed by atoms with E-state index >= 15 is 0 Å². The molecule has 1 aliphatic carbocycles. The van der Waals surface area contributed by atoms with Gasteiger partial charge in [0.25, 0.3) is 0 Å². The number of carbonyl (C=O) groups excluding carboxylic acids is 1. The van der Waals surface area contributed by atoms with Gasteiger partial charge in [-0.2, -0.15) is 0 Å². The summed E-state index contributed by atoms with van der Waals surface area (Å²) < 4.78 is 0. The molecule has 3 N–H and O–H groups in total. The summed E-state index contributed by atoms with van der Waals surface area (Å²) in [6.07, 6.45) is 9.48. The Morgan fingerprint density at radius 2 is 1.90 bits per heavy atom. The van der Waals surface area contributed by atoms with Crippen LogP contribution in [0.25, 0.3) is 0 Å². The smallest absolute Gasteiger partial charge is 0.220 e. The fourth-order valence-corrected chi connectivity index (χ4v) is 5.92. The van der Waals surface area contributed by atoms with Gasteiger partial charge in [-0.1, -0.05) is 25.3 Å². The molecule has 1 aliphatic heterocycles. The van der Waals surface area contributed by atoms with Crippen LogP contribution in [0.15, 0.2) is 22.5 Å². The molecule has 2 heterocycles. The van der Waals surface area contributed by atoms with Crippen LogP contribution < -0.4 is 16.0 Å². The molecule has 1 amide bonds. The van der Waals surface area contributed by atoms with E-state index in [4.69, 9.17) is 0 Å². The Hall–Kier alpha value is -0.870. The molecule has 1 saturated carbocycles. The molecule has 2 aliphatic rings. The van der Waals surface area contributed by atoms with Crippen molar-refractivity contribution in [1.29, 1.82) is 0 Å². The highest BCUT2D eigenvalue weighted by molar-refractivity contribution is 14.0. The van der Waals surface area contributed by atoms with Gasteiger partial charge in [0.2, 0.25) is 5.91 Å². The number of hydrogen-bond donors (Lipinski definition) is 3. The van der Waals surface area contributed by atoms with E-state index in [1.54, 1.807) is 7.05 Å². The number of hydrogen-bond acceptors (Lipinski definition) is 4. The lowest BCUT2D eigenvalue weighted by Gasteiger charge is -2.39. The van der Waals surface area contributed by atoms with E-state index < -0.39 is 0 Å². The fourth-order valence-electron chi connectivity index (χ4n) is 4.94. The first-order chi connectivity index (χ1) is 14.7. The molecule has 2 fully saturated rings. The predicted octanol–water partition coefficient (Wildman–Crippen LogP) is 4.00. The third-order valence-electron chi connectivity index (χ3n) is 6.54. The van der Waals surface area contributed by atoms with Crippen LogP contribution in [0.5, 0.6) is 0 Å². The van der Waals surface area contributed by atoms with Gasteiger partial charge in [-0.3, -0.25) is 14.7 Å². The number of likely N-dealkylation sites (tertiary alicyclic amines) is 1. The van der Waals surface area contributed by atoms with Crippen molar-refractivity contribution in [3.8, 4) is 0 Å². The van der Waals surface area contributed by atoms with Gasteiger partial charge in [0.1, 0.15) is 0 Å². The maximum absolute atomic E-state index is 12.1. The largest absolute Gasteiger partial charge is 0.356 e. The van der Waals surface area contributed by atoms with E-state index in [-0.39, 0.29) is 29.9 Å². The Morgan fingerprint density at radius 3 is 2.61 bits per heavy atom. The standard InChI is InChI=1S/C23H39N5OS.HI/c1-24-23(26-13-12-25-21(29)16-18-8-4-3-5-9-18)27-17-19-10-6-14-28(2)22(19)20-11-7-15-30-20;/h7,11,15,18-19,22H,3-6,8-10,12-14,16-17H2,1-2H3,(H,25,29)(H2,24,26,27);1H. The first-order valence-corrected chi connectivity index (χ1v) is 12.5. The quantitative estimate of drug-likeness (QED) is 0.194. The zero-order valence-electron chi connectivity index (χ0n) is 19.1. The van der Waals surface area contributed by atoms with Gasteiger partial charge in [0, 0.05) is 44.0 Å². The zero-order valence-corrected chi connectivity index (χ0v) is 22.2. The van der Waals surface area contributed by atoms with Gasteiger partial charge in [-0.05, 0) is 62.6 Å². The van der Waals surface area contributed by atoms with E-state index in [1.165, 1.54) is 49.8 Å². The number of nitrogens with one attached hydrogen (secondary N) is 3. The maximum atomic E-state index is 12.1. The lowest BCUT2D eigenvalue weighted by molar-refractivity contribution is -0.122. The Bertz CT molecular complexity index is 663. The van der Waals surface area contributed by atoms with E-state index in [9.17, 15) is 4.79 Å². The molecule has 2 atom stereocenters. The van der Waals surface area contributed by atoms with Crippen LogP contribution in [0, 0.1) is 11.8 Å². The van der Waals surface area contributed by atoms with Gasteiger partial charge in [0.15, 0.2) is 5.96 Å². The number of thiophene rings is 1. The van der Waals surface area contributed by atoms with Gasteiger partial charge in [0.05, 0.1) is 0 Å². The molecule has 31 heavy (non-hydrogen) atoms. The van der Waals surface area contributed by atoms with Crippen LogP contribution in [0.2, 0.25) is 0 Å². The number of guanidine groups is 1. The van der Waals surface area contributed by atoms with Crippen molar-refractivity contribution in [2.45, 2.75) is 57.4 Å². The second kappa shape index (κ2) is 14.3. The van der Waals surface area contributed by atoms with Gasteiger partial charge in [-0.25, -0.2) is 0 Å². The van der Waals surface area contributed by atoms with Crippen LogP contribution >= 0.6 is 35.3 Å². The lowest BCUT2D eigenvalue weighted by Crippen LogP contribution is -2.46. The van der Waals surface area contributed by atoms with E-state index in [1.807, 2.05) is 11.3 Å². The second-order valence-electron chi connectivity index (χ2n) is 8.78. The van der Waals surface area contributed by atoms with Gasteiger partial charge >= 0.3 is 0 Å². The Labute approximate surface area is 209 Å². The van der Waals surface area contributed by atoms with E-state index in [2.05, 4.69) is 50.4 Å². The third-order valence-corrected chi connectivity index (χ3v) is 7.48. The molecule has 0 bridgehead atoms. The molecule has 1 aromatic heterocycles. The molecule has 8 heteroatoms. The molecule has 3 rings (SSSR count). The average molecular weight is 562 g/mol. The highest BCUT2D eigenvalue weighted by atomic mass is 127. The molecule has 0 aromatic carbocycles. The average Bonchev–Trinajstić information content (AvgIpc) is 3.28. The fraction of sp³-hybridized carbons (Fsp3) is 0.739. The second-order valence-corrected chi connectivity index (χ2v) is 9.76. The first kappa shape index (κ1) is 26.4. The Kier molecular flexibility index (Phi) is 12.2. The molecule has 1 aromatic rings. The van der Waals surface area contributed by atoms with E-state index in [0.29, 0.717) is 37.4 Å². The summed E-state index contributed by atoms with van der Waals surface area (Å²) in [5.41, 5.74) is 0. The number of rotatable bonds is 8. The summed E-state index contributed by atoms with van der Waals surface area (Å²) in [7, 11) is 4.04. The highest BCUT2D eigenvalue weighted by Gasteiger charge is 2.31. The van der Waals surface area contributed by atoms with Gasteiger partial charge in [-0.15, -0.1) is 35.3 Å². The van der Waals surface area contributed by atoms with Crippen molar-refractivity contribution in [1.82, 2.24) is 20.9 Å². The van der Waals surface area contributed by atoms with E-state index in [0.717, 1.165) is 19.0 Å². The van der Waals surface area contributed by atoms with Crippen LogP contribution in [-0.2, 0) is 4.79 Å². The zero-order chi connectivity index (χ0) is 21.2. The minimum Gasteiger partial charge on any atom is -0.356 e. The molecular weight excluding hydrogens is 521 g/mol.